The van der Waals surface area contributed by atoms with Crippen LogP contribution in [0.3, 0.4) is 0 Å². The summed E-state index contributed by atoms with van der Waals surface area (Å²) in [7, 11) is 0. The number of hydrogen-bond acceptors (Lipinski definition) is 5. The first-order valence-electron chi connectivity index (χ1n) is 8.41. The second-order valence-corrected chi connectivity index (χ2v) is 7.07. The molecule has 0 radical (unpaired) electrons. The molecule has 0 saturated carbocycles. The third-order valence-electron chi connectivity index (χ3n) is 4.51. The Labute approximate surface area is 156 Å². The van der Waals surface area contributed by atoms with Crippen molar-refractivity contribution >= 4 is 28.0 Å². The quantitative estimate of drug-likeness (QED) is 0.720. The van der Waals surface area contributed by atoms with Crippen molar-refractivity contribution in [2.45, 2.75) is 25.6 Å². The highest BCUT2D eigenvalue weighted by molar-refractivity contribution is 7.77. The predicted molar refractivity (Wildman–Crippen MR) is 94.5 cm³/mol. The molecule has 0 bridgehead atoms. The summed E-state index contributed by atoms with van der Waals surface area (Å²) in [6.07, 6.45) is -0.842. The zero-order valence-corrected chi connectivity index (χ0v) is 15.1. The molecule has 27 heavy (non-hydrogen) atoms. The van der Waals surface area contributed by atoms with E-state index in [9.17, 15) is 17.4 Å². The van der Waals surface area contributed by atoms with E-state index >= 15 is 0 Å². The summed E-state index contributed by atoms with van der Waals surface area (Å²) in [6.45, 7) is 1.86. The molecule has 0 amide bonds. The fourth-order valence-corrected chi connectivity index (χ4v) is 3.55. The Morgan fingerprint density at radius 3 is 2.70 bits per heavy atom. The molecule has 1 saturated heterocycles. The van der Waals surface area contributed by atoms with E-state index in [4.69, 9.17) is 4.55 Å². The first-order valence-corrected chi connectivity index (χ1v) is 9.52. The first kappa shape index (κ1) is 19.8. The molecule has 1 aromatic carbocycles. The number of halogens is 3. The lowest BCUT2D eigenvalue weighted by atomic mass is 9.93. The maximum atomic E-state index is 12.5. The molecule has 148 valence electrons. The van der Waals surface area contributed by atoms with Crippen LogP contribution in [0.2, 0.25) is 0 Å². The van der Waals surface area contributed by atoms with Crippen molar-refractivity contribution in [3.8, 4) is 5.75 Å². The van der Waals surface area contributed by atoms with E-state index in [1.807, 2.05) is 4.90 Å². The molecular formula is C16H19F3N4O3S. The Morgan fingerprint density at radius 2 is 2.04 bits per heavy atom. The van der Waals surface area contributed by atoms with E-state index in [-0.39, 0.29) is 5.75 Å². The molecule has 0 spiro atoms. The lowest BCUT2D eigenvalue weighted by Gasteiger charge is -2.33. The zero-order valence-electron chi connectivity index (χ0n) is 14.3. The molecule has 0 aliphatic carbocycles. The van der Waals surface area contributed by atoms with Crippen LogP contribution in [0.4, 0.5) is 19.0 Å². The van der Waals surface area contributed by atoms with E-state index in [1.165, 1.54) is 24.5 Å². The van der Waals surface area contributed by atoms with E-state index in [1.54, 1.807) is 0 Å². The number of aromatic nitrogens is 2. The molecule has 1 aromatic heterocycles. The summed E-state index contributed by atoms with van der Waals surface area (Å²) >= 11 is -2.00. The molecular weight excluding hydrogens is 385 g/mol. The second-order valence-electron chi connectivity index (χ2n) is 6.29. The molecule has 11 heteroatoms. The van der Waals surface area contributed by atoms with Gasteiger partial charge >= 0.3 is 6.36 Å². The monoisotopic (exact) mass is 404 g/mol. The average molecular weight is 404 g/mol. The predicted octanol–water partition coefficient (Wildman–Crippen LogP) is 2.86. The third-order valence-corrected chi connectivity index (χ3v) is 4.96. The van der Waals surface area contributed by atoms with Gasteiger partial charge in [0.2, 0.25) is 11.3 Å². The summed E-state index contributed by atoms with van der Waals surface area (Å²) in [5.74, 6) is 0.694. The van der Waals surface area contributed by atoms with Crippen molar-refractivity contribution in [1.29, 1.82) is 0 Å². The van der Waals surface area contributed by atoms with E-state index < -0.39 is 17.6 Å². The highest BCUT2D eigenvalue weighted by Gasteiger charge is 2.31. The fraction of sp³-hybridized carbons (Fsp3) is 0.500. The highest BCUT2D eigenvalue weighted by atomic mass is 32.2. The topological polar surface area (TPSA) is 87.6 Å². The summed E-state index contributed by atoms with van der Waals surface area (Å²) in [6, 6.07) is 4.02. The Kier molecular flexibility index (Phi) is 6.12. The molecule has 7 nitrogen and oxygen atoms in total. The highest BCUT2D eigenvalue weighted by Crippen LogP contribution is 2.32. The molecule has 1 aliphatic rings. The van der Waals surface area contributed by atoms with Crippen LogP contribution in [0, 0.1) is 5.92 Å². The molecule has 2 aromatic rings. The smallest absolute Gasteiger partial charge is 0.406 e. The number of piperidine rings is 1. The van der Waals surface area contributed by atoms with Crippen LogP contribution in [0.5, 0.6) is 5.75 Å². The van der Waals surface area contributed by atoms with Crippen LogP contribution in [-0.2, 0) is 11.3 Å². The molecule has 1 aliphatic heterocycles. The number of alkyl halides is 3. The number of hydrogen-bond donors (Lipinski definition) is 2. The number of nitrogens with one attached hydrogen (secondary N) is 1. The van der Waals surface area contributed by atoms with Gasteiger partial charge in [0.05, 0.1) is 5.52 Å². The van der Waals surface area contributed by atoms with Gasteiger partial charge in [-0.15, -0.1) is 13.2 Å². The lowest BCUT2D eigenvalue weighted by molar-refractivity contribution is -0.274. The van der Waals surface area contributed by atoms with Crippen molar-refractivity contribution in [3.05, 3.63) is 24.5 Å². The van der Waals surface area contributed by atoms with Gasteiger partial charge in [-0.3, -0.25) is 4.55 Å². The van der Waals surface area contributed by atoms with Crippen molar-refractivity contribution < 1.29 is 26.7 Å². The van der Waals surface area contributed by atoms with E-state index in [0.717, 1.165) is 19.3 Å². The standard InChI is InChI=1S/C16H19F3N4O3S/c17-16(18,19)26-12-1-2-14-13(9-12)15(21-10-20-14)23-7-4-11(5-8-23)3-6-22-27(24)25/h1-2,9-11,22H,3-8H2,(H,24,25). The molecule has 1 fully saturated rings. The largest absolute Gasteiger partial charge is 0.573 e. The molecule has 1 atom stereocenters. The van der Waals surface area contributed by atoms with Gasteiger partial charge in [-0.1, -0.05) is 0 Å². The van der Waals surface area contributed by atoms with E-state index in [0.29, 0.717) is 42.3 Å². The number of rotatable bonds is 6. The lowest BCUT2D eigenvalue weighted by Crippen LogP contribution is -2.35. The Bertz CT molecular complexity index is 813. The van der Waals surface area contributed by atoms with E-state index in [2.05, 4.69) is 19.4 Å². The summed E-state index contributed by atoms with van der Waals surface area (Å²) < 4.78 is 63.3. The minimum absolute atomic E-state index is 0.302. The van der Waals surface area contributed by atoms with Gasteiger partial charge in [0.15, 0.2) is 0 Å². The van der Waals surface area contributed by atoms with Gasteiger partial charge in [0.1, 0.15) is 17.9 Å². The van der Waals surface area contributed by atoms with Crippen LogP contribution in [0.1, 0.15) is 19.3 Å². The van der Waals surface area contributed by atoms with Gasteiger partial charge < -0.3 is 9.64 Å². The van der Waals surface area contributed by atoms with Gasteiger partial charge in [0.25, 0.3) is 0 Å². The SMILES string of the molecule is O=S(O)NCCC1CCN(c2ncnc3ccc(OC(F)(F)F)cc23)CC1. The maximum absolute atomic E-state index is 12.5. The second kappa shape index (κ2) is 8.36. The zero-order chi connectivity index (χ0) is 19.4. The van der Waals surface area contributed by atoms with Crippen molar-refractivity contribution in [3.63, 3.8) is 0 Å². The molecule has 1 unspecified atom stereocenters. The minimum atomic E-state index is -4.76. The normalized spacial score (nSPS) is 17.3. The van der Waals surface area contributed by atoms with Crippen LogP contribution in [-0.4, -0.2) is 44.7 Å². The summed E-state index contributed by atoms with van der Waals surface area (Å²) in [5.41, 5.74) is 0.547. The number of fused-ring (bicyclic) bond motifs is 1. The number of ether oxygens (including phenoxy) is 1. The fourth-order valence-electron chi connectivity index (χ4n) is 3.26. The Morgan fingerprint density at radius 1 is 1.30 bits per heavy atom. The van der Waals surface area contributed by atoms with Crippen molar-refractivity contribution in [1.82, 2.24) is 14.7 Å². The Hall–Kier alpha value is -1.98. The molecule has 2 heterocycles. The van der Waals surface area contributed by atoms with Crippen LogP contribution >= 0.6 is 0 Å². The summed E-state index contributed by atoms with van der Waals surface area (Å²) in [5, 5.41) is 0.509. The van der Waals surface area contributed by atoms with Gasteiger partial charge in [-0.2, -0.15) is 0 Å². The summed E-state index contributed by atoms with van der Waals surface area (Å²) in [4.78, 5) is 10.4. The maximum Gasteiger partial charge on any atom is 0.573 e. The van der Waals surface area contributed by atoms with Crippen LogP contribution < -0.4 is 14.4 Å². The Balaban J connectivity index is 1.71. The van der Waals surface area contributed by atoms with Crippen LogP contribution in [0.15, 0.2) is 24.5 Å². The average Bonchev–Trinajstić information content (AvgIpc) is 2.60. The number of anilines is 1. The number of nitrogens with zero attached hydrogens (tertiary/aromatic N) is 3. The third kappa shape index (κ3) is 5.50. The van der Waals surface area contributed by atoms with Crippen LogP contribution in [0.25, 0.3) is 10.9 Å². The van der Waals surface area contributed by atoms with Gasteiger partial charge in [-0.25, -0.2) is 18.9 Å². The van der Waals surface area contributed by atoms with Crippen molar-refractivity contribution in [2.75, 3.05) is 24.5 Å². The number of benzene rings is 1. The van der Waals surface area contributed by atoms with Gasteiger partial charge in [-0.05, 0) is 43.4 Å². The first-order chi connectivity index (χ1) is 12.8. The molecule has 2 N–H and O–H groups in total. The van der Waals surface area contributed by atoms with Gasteiger partial charge in [0, 0.05) is 25.0 Å². The minimum Gasteiger partial charge on any atom is -0.406 e. The molecule has 3 rings (SSSR count). The van der Waals surface area contributed by atoms with Crippen molar-refractivity contribution in [2.24, 2.45) is 5.92 Å².